The Balaban J connectivity index is 1.46. The number of β-amino-alcohol motifs (C(OH)–C–C–N with tert-alkyl or cyclic N) is 1. The predicted octanol–water partition coefficient (Wildman–Crippen LogP) is 3.93. The van der Waals surface area contributed by atoms with Gasteiger partial charge < -0.3 is 24.8 Å². The molecule has 3 aromatic rings. The molecule has 2 saturated heterocycles. The van der Waals surface area contributed by atoms with Gasteiger partial charge in [-0.1, -0.05) is 24.3 Å². The molecule has 1 aromatic heterocycles. The van der Waals surface area contributed by atoms with E-state index < -0.39 is 6.23 Å². The molecule has 8 nitrogen and oxygen atoms in total. The van der Waals surface area contributed by atoms with Gasteiger partial charge in [-0.2, -0.15) is 0 Å². The zero-order valence-corrected chi connectivity index (χ0v) is 24.7. The van der Waals surface area contributed by atoms with Crippen LogP contribution in [-0.2, 0) is 17.8 Å². The van der Waals surface area contributed by atoms with Gasteiger partial charge in [-0.25, -0.2) is 0 Å². The topological polar surface area (TPSA) is 101 Å². The van der Waals surface area contributed by atoms with Crippen LogP contribution in [-0.4, -0.2) is 65.1 Å². The normalized spacial score (nSPS) is 17.4. The highest BCUT2D eigenvalue weighted by Crippen LogP contribution is 2.36. The third-order valence-electron chi connectivity index (χ3n) is 8.59. The summed E-state index contributed by atoms with van der Waals surface area (Å²) in [7, 11) is 0. The van der Waals surface area contributed by atoms with E-state index in [1.165, 1.54) is 5.56 Å². The van der Waals surface area contributed by atoms with E-state index in [0.29, 0.717) is 11.6 Å². The lowest BCUT2D eigenvalue weighted by Gasteiger charge is -2.37. The number of aryl methyl sites for hydroxylation is 2. The average molecular weight is 561 g/mol. The molecule has 41 heavy (non-hydrogen) atoms. The summed E-state index contributed by atoms with van der Waals surface area (Å²) in [6.45, 7) is 13.0. The minimum atomic E-state index is -0.945. The number of H-pyrrole nitrogens is 1. The second-order valence-corrected chi connectivity index (χ2v) is 11.6. The molecule has 2 aromatic carbocycles. The minimum Gasteiger partial charge on any atom is -0.390 e. The van der Waals surface area contributed by atoms with Crippen molar-refractivity contribution in [1.29, 1.82) is 0 Å². The number of ether oxygens (including phenoxy) is 1. The van der Waals surface area contributed by atoms with Gasteiger partial charge in [0.2, 0.25) is 0 Å². The van der Waals surface area contributed by atoms with Crippen LogP contribution in [0.3, 0.4) is 0 Å². The van der Waals surface area contributed by atoms with Crippen molar-refractivity contribution in [3.63, 3.8) is 0 Å². The smallest absolute Gasteiger partial charge is 0.252 e. The fraction of sp³-hybridized carbons (Fsp3) is 0.485. The summed E-state index contributed by atoms with van der Waals surface area (Å²) in [6, 6.07) is 15.2. The first-order valence-electron chi connectivity index (χ1n) is 14.8. The highest BCUT2D eigenvalue weighted by atomic mass is 16.5. The molecule has 4 N–H and O–H groups in total. The first-order chi connectivity index (χ1) is 19.7. The summed E-state index contributed by atoms with van der Waals surface area (Å²) in [4.78, 5) is 20.2. The Morgan fingerprint density at radius 3 is 2.41 bits per heavy atom. The number of nitrogens with zero attached hydrogens (tertiary/aromatic N) is 2. The molecule has 0 aliphatic carbocycles. The molecule has 1 atom stereocenters. The van der Waals surface area contributed by atoms with Gasteiger partial charge in [-0.05, 0) is 86.6 Å². The molecule has 1 unspecified atom stereocenters. The van der Waals surface area contributed by atoms with E-state index in [4.69, 9.17) is 4.74 Å². The molecule has 0 spiro atoms. The summed E-state index contributed by atoms with van der Waals surface area (Å²) in [5.41, 5.74) is 8.54. The van der Waals surface area contributed by atoms with E-state index in [9.17, 15) is 15.0 Å². The van der Waals surface area contributed by atoms with Crippen LogP contribution < -0.4 is 15.8 Å². The monoisotopic (exact) mass is 560 g/mol. The van der Waals surface area contributed by atoms with Crippen LogP contribution in [0.2, 0.25) is 0 Å². The number of likely N-dealkylation sites (tertiary alicyclic amines) is 1. The SMILES string of the molecule is CCN(c1cc(-c2ccc(CN3CC(O)C3)cc2)cc(C(O)NCc2c(C)cc(C)[nH]c2=O)c1C)C1CCOCC1. The van der Waals surface area contributed by atoms with E-state index in [-0.39, 0.29) is 18.2 Å². The van der Waals surface area contributed by atoms with E-state index >= 15 is 0 Å². The van der Waals surface area contributed by atoms with Crippen molar-refractivity contribution in [2.75, 3.05) is 37.7 Å². The lowest BCUT2D eigenvalue weighted by atomic mass is 9.94. The van der Waals surface area contributed by atoms with Crippen molar-refractivity contribution in [2.24, 2.45) is 0 Å². The Hall–Kier alpha value is -3.01. The minimum absolute atomic E-state index is 0.127. The first kappa shape index (κ1) is 29.5. The molecule has 0 amide bonds. The summed E-state index contributed by atoms with van der Waals surface area (Å²) in [5.74, 6) is 0. The maximum atomic E-state index is 12.6. The highest BCUT2D eigenvalue weighted by Gasteiger charge is 2.26. The van der Waals surface area contributed by atoms with Crippen LogP contribution in [0.25, 0.3) is 11.1 Å². The van der Waals surface area contributed by atoms with Gasteiger partial charge in [0, 0.05) is 74.5 Å². The molecule has 8 heteroatoms. The molecular weight excluding hydrogens is 516 g/mol. The molecule has 3 heterocycles. The van der Waals surface area contributed by atoms with Gasteiger partial charge in [0.1, 0.15) is 6.23 Å². The Labute approximate surface area is 243 Å². The van der Waals surface area contributed by atoms with Crippen molar-refractivity contribution in [1.82, 2.24) is 15.2 Å². The van der Waals surface area contributed by atoms with E-state index in [1.54, 1.807) is 0 Å². The number of aliphatic hydroxyl groups is 2. The number of hydrogen-bond donors (Lipinski definition) is 4. The van der Waals surface area contributed by atoms with Crippen LogP contribution in [0.4, 0.5) is 5.69 Å². The number of aromatic nitrogens is 1. The number of nitrogens with one attached hydrogen (secondary N) is 2. The first-order valence-corrected chi connectivity index (χ1v) is 14.8. The van der Waals surface area contributed by atoms with Crippen LogP contribution in [0, 0.1) is 20.8 Å². The largest absolute Gasteiger partial charge is 0.390 e. The van der Waals surface area contributed by atoms with E-state index in [1.807, 2.05) is 19.9 Å². The van der Waals surface area contributed by atoms with Crippen LogP contribution in [0.1, 0.15) is 59.5 Å². The second kappa shape index (κ2) is 12.9. The van der Waals surface area contributed by atoms with Crippen molar-refractivity contribution in [2.45, 2.75) is 72.0 Å². The van der Waals surface area contributed by atoms with Crippen molar-refractivity contribution >= 4 is 5.69 Å². The molecule has 2 aliphatic rings. The lowest BCUT2D eigenvalue weighted by molar-refractivity contribution is -0.00286. The summed E-state index contributed by atoms with van der Waals surface area (Å²) < 4.78 is 5.65. The Kier molecular flexibility index (Phi) is 9.26. The maximum absolute atomic E-state index is 12.6. The second-order valence-electron chi connectivity index (χ2n) is 11.6. The van der Waals surface area contributed by atoms with E-state index in [2.05, 4.69) is 70.3 Å². The van der Waals surface area contributed by atoms with Gasteiger partial charge >= 0.3 is 0 Å². The standard InChI is InChI=1S/C33H44N4O4/c1-5-37(27-10-12-41-13-11-27)31-16-26(25-8-6-24(7-9-25)18-36-19-28(38)20-36)15-29(23(31)4)32(39)34-17-30-21(2)14-22(3)35-33(30)40/h6-9,14-16,27-28,32,34,38-39H,5,10-13,17-20H2,1-4H3,(H,35,40). The fourth-order valence-corrected chi connectivity index (χ4v) is 6.23. The Bertz CT molecular complexity index is 1390. The van der Waals surface area contributed by atoms with Crippen LogP contribution in [0.15, 0.2) is 47.3 Å². The third kappa shape index (κ3) is 6.74. The quantitative estimate of drug-likeness (QED) is 0.279. The molecule has 220 valence electrons. The van der Waals surface area contributed by atoms with Crippen LogP contribution in [0.5, 0.6) is 0 Å². The number of anilines is 1. The third-order valence-corrected chi connectivity index (χ3v) is 8.59. The molecular formula is C33H44N4O4. The summed E-state index contributed by atoms with van der Waals surface area (Å²) in [5, 5.41) is 24.3. The number of pyridine rings is 1. The van der Waals surface area contributed by atoms with E-state index in [0.717, 1.165) is 91.4 Å². The summed E-state index contributed by atoms with van der Waals surface area (Å²) in [6.07, 6.45) is 0.801. The highest BCUT2D eigenvalue weighted by molar-refractivity contribution is 5.73. The molecule has 0 radical (unpaired) electrons. The van der Waals surface area contributed by atoms with Gasteiger partial charge in [0.05, 0.1) is 6.10 Å². The zero-order valence-electron chi connectivity index (χ0n) is 24.7. The maximum Gasteiger partial charge on any atom is 0.252 e. The average Bonchev–Trinajstić information content (AvgIpc) is 2.94. The zero-order chi connectivity index (χ0) is 29.1. The number of rotatable bonds is 10. The van der Waals surface area contributed by atoms with Crippen molar-refractivity contribution < 1.29 is 14.9 Å². The van der Waals surface area contributed by atoms with Crippen molar-refractivity contribution in [3.05, 3.63) is 86.3 Å². The van der Waals surface area contributed by atoms with Crippen molar-refractivity contribution in [3.8, 4) is 11.1 Å². The van der Waals surface area contributed by atoms with Gasteiger partial charge in [-0.15, -0.1) is 0 Å². The molecule has 0 bridgehead atoms. The fourth-order valence-electron chi connectivity index (χ4n) is 6.23. The van der Waals surface area contributed by atoms with Gasteiger partial charge in [-0.3, -0.25) is 15.0 Å². The molecule has 0 saturated carbocycles. The Morgan fingerprint density at radius 1 is 1.07 bits per heavy atom. The predicted molar refractivity (Wildman–Crippen MR) is 163 cm³/mol. The number of hydrogen-bond acceptors (Lipinski definition) is 7. The van der Waals surface area contributed by atoms with Gasteiger partial charge in [0.25, 0.3) is 5.56 Å². The number of benzene rings is 2. The number of aromatic amines is 1. The van der Waals surface area contributed by atoms with Gasteiger partial charge in [0.15, 0.2) is 0 Å². The lowest BCUT2D eigenvalue weighted by Crippen LogP contribution is -2.49. The summed E-state index contributed by atoms with van der Waals surface area (Å²) >= 11 is 0. The van der Waals surface area contributed by atoms with Crippen LogP contribution >= 0.6 is 0 Å². The Morgan fingerprint density at radius 2 is 1.78 bits per heavy atom. The molecule has 2 aliphatic heterocycles. The molecule has 2 fully saturated rings. The molecule has 5 rings (SSSR count). The number of aliphatic hydroxyl groups excluding tert-OH is 2.